The highest BCUT2D eigenvalue weighted by Gasteiger charge is 2.32. The lowest BCUT2D eigenvalue weighted by Gasteiger charge is -2.24. The van der Waals surface area contributed by atoms with Crippen LogP contribution in [0.1, 0.15) is 82.8 Å². The van der Waals surface area contributed by atoms with E-state index in [1.807, 2.05) is 60.7 Å². The van der Waals surface area contributed by atoms with Gasteiger partial charge < -0.3 is 61.8 Å². The molecule has 0 bridgehead atoms. The first-order chi connectivity index (χ1) is 39.2. The second-order valence-corrected chi connectivity index (χ2v) is 19.9. The molecule has 438 valence electrons. The topological polar surface area (TPSA) is 450 Å². The summed E-state index contributed by atoms with van der Waals surface area (Å²) in [4.78, 5) is 108. The highest BCUT2D eigenvalue weighted by Crippen LogP contribution is 2.23. The molecule has 25 heteroatoms. The third-order valence-electron chi connectivity index (χ3n) is 12.9. The number of Topliss-reactive ketones (excluding diaryl/α,β-unsaturated/α-hetero) is 3. The van der Waals surface area contributed by atoms with Crippen molar-refractivity contribution in [2.45, 2.75) is 109 Å². The van der Waals surface area contributed by atoms with Crippen LogP contribution in [0.25, 0.3) is 0 Å². The quantitative estimate of drug-likeness (QED) is 0.0134. The zero-order valence-corrected chi connectivity index (χ0v) is 46.4. The average Bonchev–Trinajstić information content (AvgIpc) is 3.48. The van der Waals surface area contributed by atoms with Crippen LogP contribution >= 0.6 is 0 Å². The lowest BCUT2D eigenvalue weighted by molar-refractivity contribution is -0.135. The molecule has 25 nitrogen and oxygen atoms in total. The zero-order valence-electron chi connectivity index (χ0n) is 46.4. The molecule has 4 aromatic rings. The van der Waals surface area contributed by atoms with E-state index in [1.54, 1.807) is 48.5 Å². The van der Waals surface area contributed by atoms with Gasteiger partial charge in [0, 0.05) is 56.7 Å². The van der Waals surface area contributed by atoms with Gasteiger partial charge in [0.2, 0.25) is 23.6 Å². The number of carbonyl (C=O) groups is 7. The maximum Gasteiger partial charge on any atom is 0.237 e. The normalized spacial score (nSPS) is 13.7. The van der Waals surface area contributed by atoms with Gasteiger partial charge in [0.1, 0.15) is 0 Å². The van der Waals surface area contributed by atoms with E-state index in [0.717, 1.165) is 5.56 Å². The predicted octanol–water partition coefficient (Wildman–Crippen LogP) is 3.50. The van der Waals surface area contributed by atoms with E-state index in [4.69, 9.17) is 45.9 Å². The molecule has 0 saturated carbocycles. The van der Waals surface area contributed by atoms with Gasteiger partial charge in [0.25, 0.3) is 0 Å². The number of ketones is 3. The summed E-state index contributed by atoms with van der Waals surface area (Å²) in [5, 5.41) is 25.2. The Hall–Kier alpha value is -9.26. The van der Waals surface area contributed by atoms with E-state index >= 15 is 0 Å². The largest absolute Gasteiger partial charge is 0.370 e. The summed E-state index contributed by atoms with van der Waals surface area (Å²) in [5.41, 5.74) is 49.2. The van der Waals surface area contributed by atoms with Crippen LogP contribution in [-0.4, -0.2) is 103 Å². The van der Waals surface area contributed by atoms with Gasteiger partial charge in [-0.3, -0.25) is 48.5 Å². The number of nitrogens with two attached hydrogens (primary N) is 8. The van der Waals surface area contributed by atoms with E-state index in [-0.39, 0.29) is 102 Å². The lowest BCUT2D eigenvalue weighted by Crippen LogP contribution is -2.50. The molecule has 7 atom stereocenters. The fraction of sp³-hybridized carbons (Fsp3) is 0.404. The Kier molecular flexibility index (Phi) is 27.6. The van der Waals surface area contributed by atoms with Crippen molar-refractivity contribution in [2.24, 2.45) is 99.1 Å². The fourth-order valence-corrected chi connectivity index (χ4v) is 8.34. The molecule has 82 heavy (non-hydrogen) atoms. The first-order valence-corrected chi connectivity index (χ1v) is 27.0. The number of nitrogens with one attached hydrogen (secondary N) is 3. The van der Waals surface area contributed by atoms with Crippen molar-refractivity contribution in [3.05, 3.63) is 120 Å². The van der Waals surface area contributed by atoms with E-state index in [2.05, 4.69) is 51.4 Å². The number of amides is 4. The van der Waals surface area contributed by atoms with E-state index in [0.29, 0.717) is 34.7 Å². The second-order valence-electron chi connectivity index (χ2n) is 19.9. The summed E-state index contributed by atoms with van der Waals surface area (Å²) < 4.78 is 0. The predicted molar refractivity (Wildman–Crippen MR) is 315 cm³/mol. The SMILES string of the molecule is CC(CC(=O)C(CCCN=C(N)N)NC(=O)C(C)CC(=O)C(CCCN=C(N)N)NC(=O)C(N)Cc1ccc(N=Nc2ccccc2)cc1)C(=O)NC(CCCN=C(N)N)C(=O)CC(Cc1ccc(N=Nc2ccccc2)cc1)C(N)=O. The van der Waals surface area contributed by atoms with Crippen molar-refractivity contribution >= 4 is 81.6 Å². The van der Waals surface area contributed by atoms with Crippen LogP contribution < -0.4 is 61.8 Å². The molecule has 0 saturated heterocycles. The lowest BCUT2D eigenvalue weighted by atomic mass is 9.90. The van der Waals surface area contributed by atoms with E-state index in [9.17, 15) is 33.6 Å². The van der Waals surface area contributed by atoms with Crippen LogP contribution in [0.15, 0.2) is 145 Å². The number of guanidine groups is 3. The van der Waals surface area contributed by atoms with Gasteiger partial charge in [-0.25, -0.2) is 0 Å². The molecule has 0 spiro atoms. The van der Waals surface area contributed by atoms with Gasteiger partial charge in [-0.2, -0.15) is 20.5 Å². The molecule has 0 aliphatic carbocycles. The molecule has 0 heterocycles. The summed E-state index contributed by atoms with van der Waals surface area (Å²) in [6.45, 7) is 3.41. The van der Waals surface area contributed by atoms with Gasteiger partial charge in [-0.05, 0) is 111 Å². The van der Waals surface area contributed by atoms with Crippen molar-refractivity contribution in [1.82, 2.24) is 16.0 Å². The average molecular weight is 1130 g/mol. The number of rotatable bonds is 36. The van der Waals surface area contributed by atoms with Crippen LogP contribution in [0.4, 0.5) is 22.7 Å². The summed E-state index contributed by atoms with van der Waals surface area (Å²) in [7, 11) is 0. The van der Waals surface area contributed by atoms with Crippen LogP contribution in [0.5, 0.6) is 0 Å². The Balaban J connectivity index is 1.42. The highest BCUT2D eigenvalue weighted by molar-refractivity contribution is 5.97. The van der Waals surface area contributed by atoms with Crippen LogP contribution in [-0.2, 0) is 46.4 Å². The number of benzene rings is 4. The van der Waals surface area contributed by atoms with Crippen LogP contribution in [0.2, 0.25) is 0 Å². The van der Waals surface area contributed by atoms with Crippen molar-refractivity contribution in [2.75, 3.05) is 19.6 Å². The maximum atomic E-state index is 14.1. The van der Waals surface area contributed by atoms with Crippen molar-refractivity contribution in [3.8, 4) is 0 Å². The summed E-state index contributed by atoms with van der Waals surface area (Å²) >= 11 is 0. The van der Waals surface area contributed by atoms with Crippen molar-refractivity contribution in [1.29, 1.82) is 0 Å². The molecule has 4 aromatic carbocycles. The number of azo groups is 2. The van der Waals surface area contributed by atoms with Crippen LogP contribution in [0.3, 0.4) is 0 Å². The Bertz CT molecular complexity index is 2870. The molecular weight excluding hydrogens is 1050 g/mol. The molecule has 4 amide bonds. The summed E-state index contributed by atoms with van der Waals surface area (Å²) in [6, 6.07) is 28.0. The molecule has 0 aliphatic rings. The summed E-state index contributed by atoms with van der Waals surface area (Å²) in [6.07, 6.45) is 0.284. The number of carbonyl (C=O) groups excluding carboxylic acids is 7. The molecule has 4 rings (SSSR count). The number of primary amides is 1. The van der Waals surface area contributed by atoms with Crippen molar-refractivity contribution in [3.63, 3.8) is 0 Å². The van der Waals surface area contributed by atoms with Crippen molar-refractivity contribution < 1.29 is 33.6 Å². The van der Waals surface area contributed by atoms with Gasteiger partial charge in [-0.15, -0.1) is 0 Å². The summed E-state index contributed by atoms with van der Waals surface area (Å²) in [5.74, 6) is -7.57. The Morgan fingerprint density at radius 1 is 0.415 bits per heavy atom. The second kappa shape index (κ2) is 34.7. The third kappa shape index (κ3) is 24.8. The Morgan fingerprint density at radius 3 is 1.07 bits per heavy atom. The number of nitrogens with zero attached hydrogens (tertiary/aromatic N) is 7. The zero-order chi connectivity index (χ0) is 60.0. The monoisotopic (exact) mass is 1130 g/mol. The number of hydrogen-bond acceptors (Lipinski definition) is 15. The standard InChI is InChI=1S/C57H78N18O7/c1-35(53(81)70-47(18-11-29-68-57(64)65)50(78)34-39(51(59)79)32-37-19-23-42(24-20-37)74-72-40-12-5-3-6-13-40)30-48(76)45(16-9-27-66-55(60)61)69-52(80)36(2)31-49(77)46(17-10-28-67-56(62)63)71-54(82)44(58)33-38-21-25-43(26-22-38)75-73-41-14-7-4-8-15-41/h3-8,12-15,19-26,35-36,39,44-47H,9-11,16-18,27-34,58H2,1-2H3,(H2,59,79)(H,69,80)(H,70,81)(H,71,82)(H4,60,61,66)(H4,62,63,67)(H4,64,65,68). The fourth-order valence-electron chi connectivity index (χ4n) is 8.34. The number of aliphatic imine (C=N–C) groups is 3. The third-order valence-corrected chi connectivity index (χ3v) is 12.9. The molecule has 19 N–H and O–H groups in total. The molecule has 0 aromatic heterocycles. The maximum absolute atomic E-state index is 14.1. The minimum atomic E-state index is -1.15. The Labute approximate surface area is 477 Å². The van der Waals surface area contributed by atoms with Gasteiger partial charge >= 0.3 is 0 Å². The highest BCUT2D eigenvalue weighted by atomic mass is 16.2. The van der Waals surface area contributed by atoms with Gasteiger partial charge in [-0.1, -0.05) is 74.5 Å². The molecule has 0 fully saturated rings. The molecular formula is C57H78N18O7. The molecule has 0 aliphatic heterocycles. The van der Waals surface area contributed by atoms with E-state index < -0.39 is 82.9 Å². The first-order valence-electron chi connectivity index (χ1n) is 27.0. The minimum Gasteiger partial charge on any atom is -0.370 e. The Morgan fingerprint density at radius 2 is 0.732 bits per heavy atom. The number of hydrogen-bond donors (Lipinski definition) is 11. The molecule has 0 radical (unpaired) electrons. The molecule has 7 unspecified atom stereocenters. The van der Waals surface area contributed by atoms with Crippen LogP contribution in [0, 0.1) is 17.8 Å². The van der Waals surface area contributed by atoms with E-state index in [1.165, 1.54) is 13.8 Å². The minimum absolute atomic E-state index is 0.0547. The van der Waals surface area contributed by atoms with Gasteiger partial charge in [0.15, 0.2) is 35.2 Å². The first kappa shape index (κ1) is 65.3. The smallest absolute Gasteiger partial charge is 0.237 e. The van der Waals surface area contributed by atoms with Gasteiger partial charge in [0.05, 0.1) is 46.9 Å².